The van der Waals surface area contributed by atoms with Crippen LogP contribution in [0.2, 0.25) is 0 Å². The molecule has 3 rings (SSSR count). The van der Waals surface area contributed by atoms with E-state index < -0.39 is 29.3 Å². The van der Waals surface area contributed by atoms with Crippen molar-refractivity contribution in [3.63, 3.8) is 0 Å². The molecule has 0 unspecified atom stereocenters. The van der Waals surface area contributed by atoms with Crippen LogP contribution in [-0.4, -0.2) is 0 Å². The van der Waals surface area contributed by atoms with Crippen molar-refractivity contribution in [2.24, 2.45) is 0 Å². The summed E-state index contributed by atoms with van der Waals surface area (Å²) in [5.74, 6) is -4.67. The minimum Gasteiger partial charge on any atom is -0.203 e. The third-order valence-electron chi connectivity index (χ3n) is 4.59. The molecule has 0 radical (unpaired) electrons. The van der Waals surface area contributed by atoms with Gasteiger partial charge in [0.15, 0.2) is 23.3 Å². The highest BCUT2D eigenvalue weighted by molar-refractivity contribution is 5.79. The second-order valence-electron chi connectivity index (χ2n) is 6.35. The Morgan fingerprint density at radius 1 is 0.846 bits per heavy atom. The number of fused-ring (bicyclic) bond motifs is 3. The molecule has 0 fully saturated rings. The molecule has 0 heterocycles. The summed E-state index contributed by atoms with van der Waals surface area (Å²) in [6.07, 6.45) is -0.402. The van der Waals surface area contributed by atoms with Crippen LogP contribution in [0.3, 0.4) is 0 Å². The summed E-state index contributed by atoms with van der Waals surface area (Å²) >= 11 is 0. The Morgan fingerprint density at radius 3 is 1.81 bits per heavy atom. The molecule has 0 bridgehead atoms. The molecule has 1 aliphatic rings. The Balaban J connectivity index is 2.07. The van der Waals surface area contributed by atoms with E-state index in [0.29, 0.717) is 30.0 Å². The topological polar surface area (TPSA) is 0 Å². The van der Waals surface area contributed by atoms with Crippen molar-refractivity contribution in [1.82, 2.24) is 0 Å². The molecule has 0 N–H and O–H groups in total. The van der Waals surface area contributed by atoms with Crippen LogP contribution in [0.1, 0.15) is 42.0 Å². The number of benzene rings is 2. The molecule has 0 aliphatic heterocycles. The van der Waals surface area contributed by atoms with Crippen LogP contribution in [-0.2, 0) is 19.3 Å². The van der Waals surface area contributed by atoms with Gasteiger partial charge in [-0.3, -0.25) is 0 Å². The summed E-state index contributed by atoms with van der Waals surface area (Å²) in [5.41, 5.74) is 0.392. The Bertz CT molecular complexity index is 894. The Labute approximate surface area is 147 Å². The Hall–Kier alpha value is -2.24. The zero-order valence-corrected chi connectivity index (χ0v) is 14.0. The van der Waals surface area contributed by atoms with Gasteiger partial charge in [-0.05, 0) is 54.0 Å². The van der Waals surface area contributed by atoms with E-state index in [9.17, 15) is 26.3 Å². The normalized spacial score (nSPS) is 12.1. The second-order valence-corrected chi connectivity index (χ2v) is 6.35. The lowest BCUT2D eigenvalue weighted by Crippen LogP contribution is -2.01. The van der Waals surface area contributed by atoms with Crippen LogP contribution >= 0.6 is 0 Å². The minimum absolute atomic E-state index is 0.0544. The van der Waals surface area contributed by atoms with Gasteiger partial charge in [0, 0.05) is 11.1 Å². The van der Waals surface area contributed by atoms with Crippen LogP contribution in [0, 0.1) is 23.3 Å². The standard InChI is InChI=1S/C20H16F6/c1-2-4-10-7-12-9-13-8-11(5-3-6-14(21)22)18(24)20(26)16(13)15(12)19(25)17(10)23/h6-8H,2-5,9H2,1H3. The number of hydrogen-bond donors (Lipinski definition) is 0. The molecule has 1 aliphatic carbocycles. The van der Waals surface area contributed by atoms with Gasteiger partial charge in [-0.25, -0.2) is 17.6 Å². The van der Waals surface area contributed by atoms with Crippen LogP contribution in [0.15, 0.2) is 24.3 Å². The molecule has 2 aromatic rings. The summed E-state index contributed by atoms with van der Waals surface area (Å²) in [6, 6.07) is 2.85. The highest BCUT2D eigenvalue weighted by atomic mass is 19.3. The van der Waals surface area contributed by atoms with Gasteiger partial charge >= 0.3 is 0 Å². The highest BCUT2D eigenvalue weighted by Crippen LogP contribution is 2.43. The SMILES string of the molecule is CCCc1cc2c(c(F)c1F)-c1c(cc(CCC=C(F)F)c(F)c1F)C2. The van der Waals surface area contributed by atoms with E-state index in [2.05, 4.69) is 0 Å². The lowest BCUT2D eigenvalue weighted by atomic mass is 9.98. The highest BCUT2D eigenvalue weighted by Gasteiger charge is 2.31. The van der Waals surface area contributed by atoms with Gasteiger partial charge < -0.3 is 0 Å². The molecule has 2 aromatic carbocycles. The van der Waals surface area contributed by atoms with Gasteiger partial charge in [-0.1, -0.05) is 25.5 Å². The van der Waals surface area contributed by atoms with Gasteiger partial charge in [0.05, 0.1) is 0 Å². The fourth-order valence-electron chi connectivity index (χ4n) is 3.47. The monoisotopic (exact) mass is 370 g/mol. The third-order valence-corrected chi connectivity index (χ3v) is 4.59. The fraction of sp³-hybridized carbons (Fsp3) is 0.300. The molecule has 0 aromatic heterocycles. The first-order valence-electron chi connectivity index (χ1n) is 8.36. The van der Waals surface area contributed by atoms with Gasteiger partial charge in [0.2, 0.25) is 0 Å². The lowest BCUT2D eigenvalue weighted by Gasteiger charge is -2.11. The summed E-state index contributed by atoms with van der Waals surface area (Å²) in [4.78, 5) is 0. The number of halogens is 6. The van der Waals surface area contributed by atoms with E-state index in [-0.39, 0.29) is 41.5 Å². The first-order valence-corrected chi connectivity index (χ1v) is 8.36. The molecule has 0 saturated carbocycles. The van der Waals surface area contributed by atoms with E-state index in [1.807, 2.05) is 6.92 Å². The number of rotatable bonds is 5. The van der Waals surface area contributed by atoms with Crippen molar-refractivity contribution in [3.05, 3.63) is 69.8 Å². The van der Waals surface area contributed by atoms with Gasteiger partial charge in [0.25, 0.3) is 6.08 Å². The summed E-state index contributed by atoms with van der Waals surface area (Å²) in [5, 5.41) is 0. The third kappa shape index (κ3) is 3.13. The summed E-state index contributed by atoms with van der Waals surface area (Å²) < 4.78 is 81.8. The van der Waals surface area contributed by atoms with Crippen molar-refractivity contribution >= 4 is 0 Å². The van der Waals surface area contributed by atoms with E-state index in [1.54, 1.807) is 0 Å². The molecular formula is C20H16F6. The molecule has 26 heavy (non-hydrogen) atoms. The molecule has 6 heteroatoms. The Morgan fingerprint density at radius 2 is 1.35 bits per heavy atom. The average molecular weight is 370 g/mol. The van der Waals surface area contributed by atoms with Crippen LogP contribution in [0.25, 0.3) is 11.1 Å². The molecule has 0 saturated heterocycles. The molecular weight excluding hydrogens is 354 g/mol. The van der Waals surface area contributed by atoms with Crippen LogP contribution in [0.4, 0.5) is 26.3 Å². The van der Waals surface area contributed by atoms with Gasteiger partial charge in [-0.15, -0.1) is 0 Å². The zero-order chi connectivity index (χ0) is 19.0. The second kappa shape index (κ2) is 7.17. The Kier molecular flexibility index (Phi) is 5.12. The van der Waals surface area contributed by atoms with E-state index in [4.69, 9.17) is 0 Å². The van der Waals surface area contributed by atoms with Crippen molar-refractivity contribution in [3.8, 4) is 11.1 Å². The van der Waals surface area contributed by atoms with E-state index in [0.717, 1.165) is 0 Å². The number of aryl methyl sites for hydroxylation is 2. The van der Waals surface area contributed by atoms with Crippen molar-refractivity contribution in [1.29, 1.82) is 0 Å². The fourth-order valence-corrected chi connectivity index (χ4v) is 3.47. The van der Waals surface area contributed by atoms with Crippen molar-refractivity contribution in [2.45, 2.75) is 39.0 Å². The molecule has 0 amide bonds. The largest absolute Gasteiger partial charge is 0.266 e. The maximum Gasteiger partial charge on any atom is 0.266 e. The lowest BCUT2D eigenvalue weighted by molar-refractivity contribution is 0.417. The van der Waals surface area contributed by atoms with Gasteiger partial charge in [0.1, 0.15) is 0 Å². The zero-order valence-electron chi connectivity index (χ0n) is 14.0. The molecule has 138 valence electrons. The first-order chi connectivity index (χ1) is 12.3. The average Bonchev–Trinajstić information content (AvgIpc) is 2.95. The molecule has 0 nitrogen and oxygen atoms in total. The van der Waals surface area contributed by atoms with Crippen molar-refractivity contribution in [2.75, 3.05) is 0 Å². The van der Waals surface area contributed by atoms with Crippen LogP contribution < -0.4 is 0 Å². The van der Waals surface area contributed by atoms with Crippen molar-refractivity contribution < 1.29 is 26.3 Å². The minimum atomic E-state index is -1.89. The summed E-state index contributed by atoms with van der Waals surface area (Å²) in [6.45, 7) is 1.83. The maximum absolute atomic E-state index is 14.6. The van der Waals surface area contributed by atoms with E-state index >= 15 is 0 Å². The molecule has 0 spiro atoms. The predicted octanol–water partition coefficient (Wildman–Crippen LogP) is 6.48. The number of allylic oxidation sites excluding steroid dienone is 1. The smallest absolute Gasteiger partial charge is 0.203 e. The quantitative estimate of drug-likeness (QED) is 0.451. The predicted molar refractivity (Wildman–Crippen MR) is 87.1 cm³/mol. The summed E-state index contributed by atoms with van der Waals surface area (Å²) in [7, 11) is 0. The first kappa shape index (κ1) is 18.5. The maximum atomic E-state index is 14.6. The van der Waals surface area contributed by atoms with Crippen LogP contribution in [0.5, 0.6) is 0 Å². The molecule has 0 atom stereocenters. The van der Waals surface area contributed by atoms with Gasteiger partial charge in [-0.2, -0.15) is 8.78 Å². The number of hydrogen-bond acceptors (Lipinski definition) is 0. The van der Waals surface area contributed by atoms with E-state index in [1.165, 1.54) is 12.1 Å².